The molecule has 108 valence electrons. The molecular weight excluding hydrogens is 240 g/mol. The van der Waals surface area contributed by atoms with Crippen molar-refractivity contribution in [3.05, 3.63) is 29.3 Å². The number of rotatable bonds is 8. The van der Waals surface area contributed by atoms with Crippen LogP contribution in [0.15, 0.2) is 18.2 Å². The van der Waals surface area contributed by atoms with Crippen LogP contribution in [-0.2, 0) is 11.3 Å². The maximum absolute atomic E-state index is 9.63. The Bertz CT molecular complexity index is 372. The Morgan fingerprint density at radius 2 is 1.95 bits per heavy atom. The van der Waals surface area contributed by atoms with Crippen molar-refractivity contribution < 1.29 is 14.6 Å². The summed E-state index contributed by atoms with van der Waals surface area (Å²) in [6.45, 7) is 10.0. The maximum atomic E-state index is 9.63. The lowest BCUT2D eigenvalue weighted by Crippen LogP contribution is -2.03. The van der Waals surface area contributed by atoms with Crippen LogP contribution in [0.2, 0.25) is 0 Å². The van der Waals surface area contributed by atoms with Gasteiger partial charge in [-0.05, 0) is 43.9 Å². The van der Waals surface area contributed by atoms with Crippen molar-refractivity contribution in [2.45, 2.75) is 46.8 Å². The Kier molecular flexibility index (Phi) is 6.89. The van der Waals surface area contributed by atoms with Crippen molar-refractivity contribution >= 4 is 0 Å². The second-order valence-electron chi connectivity index (χ2n) is 5.21. The van der Waals surface area contributed by atoms with E-state index in [2.05, 4.69) is 13.8 Å². The molecule has 1 rings (SSSR count). The van der Waals surface area contributed by atoms with Crippen LogP contribution in [0.4, 0.5) is 0 Å². The first-order valence-corrected chi connectivity index (χ1v) is 7.06. The van der Waals surface area contributed by atoms with Crippen LogP contribution in [0, 0.1) is 5.92 Å². The molecule has 0 spiro atoms. The van der Waals surface area contributed by atoms with Gasteiger partial charge in [-0.15, -0.1) is 0 Å². The van der Waals surface area contributed by atoms with Gasteiger partial charge in [0.15, 0.2) is 0 Å². The van der Waals surface area contributed by atoms with Crippen LogP contribution in [0.3, 0.4) is 0 Å². The minimum Gasteiger partial charge on any atom is -0.494 e. The Balaban J connectivity index is 2.68. The van der Waals surface area contributed by atoms with Crippen LogP contribution in [-0.4, -0.2) is 18.3 Å². The topological polar surface area (TPSA) is 38.7 Å². The molecule has 0 saturated heterocycles. The standard InChI is InChI=1S/C16H26O3/c1-5-19-16-7-6-14(13(4)17)10-15(16)11-18-9-8-12(2)3/h6-7,10,12-13,17H,5,8-9,11H2,1-4H3. The SMILES string of the molecule is CCOc1ccc(C(C)O)cc1COCCC(C)C. The summed E-state index contributed by atoms with van der Waals surface area (Å²) in [5.41, 5.74) is 1.90. The highest BCUT2D eigenvalue weighted by Gasteiger charge is 2.08. The number of hydrogen-bond acceptors (Lipinski definition) is 3. The zero-order valence-electron chi connectivity index (χ0n) is 12.5. The molecule has 1 atom stereocenters. The average Bonchev–Trinajstić information content (AvgIpc) is 2.36. The first-order chi connectivity index (χ1) is 9.04. The van der Waals surface area contributed by atoms with Crippen molar-refractivity contribution in [3.63, 3.8) is 0 Å². The van der Waals surface area contributed by atoms with Gasteiger partial charge < -0.3 is 14.6 Å². The van der Waals surface area contributed by atoms with Gasteiger partial charge >= 0.3 is 0 Å². The smallest absolute Gasteiger partial charge is 0.124 e. The van der Waals surface area contributed by atoms with Gasteiger partial charge in [-0.25, -0.2) is 0 Å². The lowest BCUT2D eigenvalue weighted by Gasteiger charge is -2.14. The summed E-state index contributed by atoms with van der Waals surface area (Å²) < 4.78 is 11.3. The molecule has 0 amide bonds. The molecule has 0 radical (unpaired) electrons. The van der Waals surface area contributed by atoms with Crippen molar-refractivity contribution in [3.8, 4) is 5.75 Å². The van der Waals surface area contributed by atoms with Gasteiger partial charge in [0.25, 0.3) is 0 Å². The largest absolute Gasteiger partial charge is 0.494 e. The molecule has 1 aromatic rings. The van der Waals surface area contributed by atoms with Crippen LogP contribution in [0.1, 0.15) is 51.3 Å². The minimum absolute atomic E-state index is 0.468. The number of hydrogen-bond donors (Lipinski definition) is 1. The second kappa shape index (κ2) is 8.18. The molecule has 1 N–H and O–H groups in total. The summed E-state index contributed by atoms with van der Waals surface area (Å²) in [7, 11) is 0. The van der Waals surface area contributed by atoms with Crippen molar-refractivity contribution in [1.29, 1.82) is 0 Å². The minimum atomic E-state index is -0.468. The fourth-order valence-corrected chi connectivity index (χ4v) is 1.77. The summed E-state index contributed by atoms with van der Waals surface area (Å²) in [5.74, 6) is 1.49. The summed E-state index contributed by atoms with van der Waals surface area (Å²) in [6, 6.07) is 5.77. The van der Waals surface area contributed by atoms with Gasteiger partial charge in [0, 0.05) is 12.2 Å². The molecule has 0 heterocycles. The van der Waals surface area contributed by atoms with E-state index in [0.29, 0.717) is 19.1 Å². The van der Waals surface area contributed by atoms with Gasteiger partial charge in [0.05, 0.1) is 19.3 Å². The Labute approximate surface area is 116 Å². The van der Waals surface area contributed by atoms with Gasteiger partial charge in [-0.2, -0.15) is 0 Å². The molecule has 0 aliphatic heterocycles. The van der Waals surface area contributed by atoms with Crippen LogP contribution in [0.5, 0.6) is 5.75 Å². The quantitative estimate of drug-likeness (QED) is 0.729. The normalized spacial score (nSPS) is 12.7. The average molecular weight is 266 g/mol. The molecule has 3 heteroatoms. The highest BCUT2D eigenvalue weighted by Crippen LogP contribution is 2.24. The van der Waals surface area contributed by atoms with E-state index in [1.165, 1.54) is 0 Å². The van der Waals surface area contributed by atoms with E-state index < -0.39 is 6.10 Å². The number of aliphatic hydroxyl groups is 1. The second-order valence-corrected chi connectivity index (χ2v) is 5.21. The predicted molar refractivity (Wildman–Crippen MR) is 77.4 cm³/mol. The number of benzene rings is 1. The molecule has 1 aromatic carbocycles. The number of ether oxygens (including phenoxy) is 2. The Hall–Kier alpha value is -1.06. The van der Waals surface area contributed by atoms with Crippen molar-refractivity contribution in [2.75, 3.05) is 13.2 Å². The summed E-state index contributed by atoms with van der Waals surface area (Å²) in [6.07, 6.45) is 0.588. The Morgan fingerprint density at radius 1 is 1.21 bits per heavy atom. The zero-order valence-corrected chi connectivity index (χ0v) is 12.5. The van der Waals surface area contributed by atoms with E-state index in [-0.39, 0.29) is 0 Å². The molecule has 0 aromatic heterocycles. The fraction of sp³-hybridized carbons (Fsp3) is 0.625. The zero-order chi connectivity index (χ0) is 14.3. The molecule has 0 saturated carbocycles. The van der Waals surface area contributed by atoms with Crippen molar-refractivity contribution in [1.82, 2.24) is 0 Å². The highest BCUT2D eigenvalue weighted by atomic mass is 16.5. The molecule has 0 fully saturated rings. The van der Waals surface area contributed by atoms with Gasteiger partial charge in [-0.3, -0.25) is 0 Å². The fourth-order valence-electron chi connectivity index (χ4n) is 1.77. The molecule has 0 aliphatic carbocycles. The summed E-state index contributed by atoms with van der Waals surface area (Å²) in [5, 5.41) is 9.63. The third kappa shape index (κ3) is 5.62. The predicted octanol–water partition coefficient (Wildman–Crippen LogP) is 3.70. The first-order valence-electron chi connectivity index (χ1n) is 7.06. The van der Waals surface area contributed by atoms with E-state index in [9.17, 15) is 5.11 Å². The first kappa shape index (κ1) is 16.0. The summed E-state index contributed by atoms with van der Waals surface area (Å²) >= 11 is 0. The van der Waals surface area contributed by atoms with Gasteiger partial charge in [0.1, 0.15) is 5.75 Å². The third-order valence-corrected chi connectivity index (χ3v) is 2.96. The van der Waals surface area contributed by atoms with E-state index in [1.807, 2.05) is 25.1 Å². The van der Waals surface area contributed by atoms with E-state index in [4.69, 9.17) is 9.47 Å². The molecule has 0 bridgehead atoms. The lowest BCUT2D eigenvalue weighted by molar-refractivity contribution is 0.108. The Morgan fingerprint density at radius 3 is 2.53 bits per heavy atom. The molecule has 1 unspecified atom stereocenters. The molecule has 0 aliphatic rings. The number of aliphatic hydroxyl groups excluding tert-OH is 1. The summed E-state index contributed by atoms with van der Waals surface area (Å²) in [4.78, 5) is 0. The van der Waals surface area contributed by atoms with Gasteiger partial charge in [0.2, 0.25) is 0 Å². The van der Waals surface area contributed by atoms with E-state index in [0.717, 1.165) is 29.9 Å². The molecule has 19 heavy (non-hydrogen) atoms. The van der Waals surface area contributed by atoms with Gasteiger partial charge in [-0.1, -0.05) is 19.9 Å². The third-order valence-electron chi connectivity index (χ3n) is 2.96. The van der Waals surface area contributed by atoms with Crippen molar-refractivity contribution in [2.24, 2.45) is 5.92 Å². The molecule has 3 nitrogen and oxygen atoms in total. The van der Waals surface area contributed by atoms with Crippen LogP contribution in [0.25, 0.3) is 0 Å². The highest BCUT2D eigenvalue weighted by molar-refractivity contribution is 5.37. The van der Waals surface area contributed by atoms with E-state index in [1.54, 1.807) is 6.92 Å². The monoisotopic (exact) mass is 266 g/mol. The van der Waals surface area contributed by atoms with Crippen LogP contribution >= 0.6 is 0 Å². The lowest BCUT2D eigenvalue weighted by atomic mass is 10.1. The van der Waals surface area contributed by atoms with Crippen LogP contribution < -0.4 is 4.74 Å². The molecular formula is C16H26O3. The maximum Gasteiger partial charge on any atom is 0.124 e. The van der Waals surface area contributed by atoms with E-state index >= 15 is 0 Å².